The molecule has 0 saturated heterocycles. The summed E-state index contributed by atoms with van der Waals surface area (Å²) in [5.41, 5.74) is 6.76. The molecule has 0 radical (unpaired) electrons. The zero-order chi connectivity index (χ0) is 14.3. The van der Waals surface area contributed by atoms with Gasteiger partial charge in [-0.25, -0.2) is 0 Å². The van der Waals surface area contributed by atoms with E-state index in [2.05, 4.69) is 19.2 Å². The van der Waals surface area contributed by atoms with Crippen molar-refractivity contribution in [2.24, 2.45) is 17.6 Å². The maximum Gasteiger partial charge on any atom is 0.230 e. The third-order valence-electron chi connectivity index (χ3n) is 2.96. The molecule has 1 aromatic carbocycles. The lowest BCUT2D eigenvalue weighted by atomic mass is 9.98. The molecule has 0 fully saturated rings. The van der Waals surface area contributed by atoms with Crippen LogP contribution >= 0.6 is 12.2 Å². The van der Waals surface area contributed by atoms with E-state index in [0.717, 1.165) is 12.0 Å². The SMILES string of the molecule is CC(C)CCNC(=O)C(Cc1ccccc1)C(N)=S. The van der Waals surface area contributed by atoms with E-state index in [-0.39, 0.29) is 10.9 Å². The number of hydrogen-bond acceptors (Lipinski definition) is 2. The number of carbonyl (C=O) groups is 1. The van der Waals surface area contributed by atoms with E-state index in [4.69, 9.17) is 18.0 Å². The average Bonchev–Trinajstić information content (AvgIpc) is 2.36. The minimum atomic E-state index is -0.426. The van der Waals surface area contributed by atoms with Crippen molar-refractivity contribution in [2.75, 3.05) is 6.54 Å². The average molecular weight is 278 g/mol. The van der Waals surface area contributed by atoms with E-state index >= 15 is 0 Å². The number of nitrogens with two attached hydrogens (primary N) is 1. The number of thiocarbonyl (C=S) groups is 1. The summed E-state index contributed by atoms with van der Waals surface area (Å²) < 4.78 is 0. The number of rotatable bonds is 7. The summed E-state index contributed by atoms with van der Waals surface area (Å²) in [6, 6.07) is 9.80. The van der Waals surface area contributed by atoms with E-state index in [1.807, 2.05) is 30.3 Å². The Bertz CT molecular complexity index is 417. The molecule has 1 atom stereocenters. The van der Waals surface area contributed by atoms with Gasteiger partial charge in [0.25, 0.3) is 0 Å². The largest absolute Gasteiger partial charge is 0.393 e. The van der Waals surface area contributed by atoms with Crippen molar-refractivity contribution in [1.29, 1.82) is 0 Å². The van der Waals surface area contributed by atoms with Gasteiger partial charge in [-0.1, -0.05) is 56.4 Å². The van der Waals surface area contributed by atoms with Gasteiger partial charge in [-0.15, -0.1) is 0 Å². The van der Waals surface area contributed by atoms with Gasteiger partial charge in [-0.3, -0.25) is 4.79 Å². The quantitative estimate of drug-likeness (QED) is 0.752. The Labute approximate surface area is 120 Å². The number of carbonyl (C=O) groups excluding carboxylic acids is 1. The van der Waals surface area contributed by atoms with Gasteiger partial charge in [0.05, 0.1) is 10.9 Å². The fourth-order valence-electron chi connectivity index (χ4n) is 1.78. The second-order valence-electron chi connectivity index (χ2n) is 5.12. The lowest BCUT2D eigenvalue weighted by Crippen LogP contribution is -2.39. The molecule has 1 unspecified atom stereocenters. The molecule has 0 aromatic heterocycles. The Hall–Kier alpha value is -1.42. The van der Waals surface area contributed by atoms with Crippen molar-refractivity contribution >= 4 is 23.1 Å². The van der Waals surface area contributed by atoms with Gasteiger partial charge in [0.1, 0.15) is 0 Å². The minimum absolute atomic E-state index is 0.0722. The van der Waals surface area contributed by atoms with Crippen molar-refractivity contribution in [3.63, 3.8) is 0 Å². The van der Waals surface area contributed by atoms with Gasteiger partial charge in [0.2, 0.25) is 5.91 Å². The normalized spacial score (nSPS) is 12.2. The zero-order valence-electron chi connectivity index (χ0n) is 11.6. The molecule has 0 aliphatic heterocycles. The van der Waals surface area contributed by atoms with Gasteiger partial charge in [-0.2, -0.15) is 0 Å². The van der Waals surface area contributed by atoms with Gasteiger partial charge < -0.3 is 11.1 Å². The molecule has 4 heteroatoms. The summed E-state index contributed by atoms with van der Waals surface area (Å²) in [5, 5.41) is 2.91. The summed E-state index contributed by atoms with van der Waals surface area (Å²) in [6.07, 6.45) is 1.52. The minimum Gasteiger partial charge on any atom is -0.393 e. The monoisotopic (exact) mass is 278 g/mol. The third kappa shape index (κ3) is 5.83. The van der Waals surface area contributed by atoms with E-state index in [9.17, 15) is 4.79 Å². The van der Waals surface area contributed by atoms with E-state index in [0.29, 0.717) is 18.9 Å². The fourth-order valence-corrected chi connectivity index (χ4v) is 1.97. The molecule has 0 heterocycles. The summed E-state index contributed by atoms with van der Waals surface area (Å²) in [4.78, 5) is 12.3. The van der Waals surface area contributed by atoms with Crippen LogP contribution in [0.3, 0.4) is 0 Å². The standard InChI is InChI=1S/C15H22N2OS/c1-11(2)8-9-17-15(18)13(14(16)19)10-12-6-4-3-5-7-12/h3-7,11,13H,8-10H2,1-2H3,(H2,16,19)(H,17,18). The molecular formula is C15H22N2OS. The zero-order valence-corrected chi connectivity index (χ0v) is 12.4. The van der Waals surface area contributed by atoms with Gasteiger partial charge in [-0.05, 0) is 24.3 Å². The number of nitrogens with one attached hydrogen (secondary N) is 1. The molecule has 0 spiro atoms. The predicted octanol–water partition coefficient (Wildman–Crippen LogP) is 2.29. The van der Waals surface area contributed by atoms with Crippen molar-refractivity contribution in [2.45, 2.75) is 26.7 Å². The Morgan fingerprint density at radius 1 is 1.32 bits per heavy atom. The maximum atomic E-state index is 12.1. The number of amides is 1. The fraction of sp³-hybridized carbons (Fsp3) is 0.467. The second-order valence-corrected chi connectivity index (χ2v) is 5.59. The highest BCUT2D eigenvalue weighted by atomic mass is 32.1. The number of benzene rings is 1. The van der Waals surface area contributed by atoms with Crippen molar-refractivity contribution < 1.29 is 4.79 Å². The summed E-state index contributed by atoms with van der Waals surface area (Å²) in [6.45, 7) is 4.92. The number of hydrogen-bond donors (Lipinski definition) is 2. The van der Waals surface area contributed by atoms with Crippen LogP contribution in [0.2, 0.25) is 0 Å². The highest BCUT2D eigenvalue weighted by molar-refractivity contribution is 7.80. The summed E-state index contributed by atoms with van der Waals surface area (Å²) in [5.74, 6) is 0.0688. The Kier molecular flexibility index (Phi) is 6.50. The molecule has 1 aromatic rings. The lowest BCUT2D eigenvalue weighted by Gasteiger charge is -2.16. The summed E-state index contributed by atoms with van der Waals surface area (Å²) in [7, 11) is 0. The molecule has 0 aliphatic carbocycles. The molecule has 1 rings (SSSR count). The van der Waals surface area contributed by atoms with Crippen LogP contribution in [0, 0.1) is 11.8 Å². The van der Waals surface area contributed by atoms with Crippen LogP contribution in [0.25, 0.3) is 0 Å². The molecular weight excluding hydrogens is 256 g/mol. The Morgan fingerprint density at radius 2 is 1.95 bits per heavy atom. The topological polar surface area (TPSA) is 55.1 Å². The van der Waals surface area contributed by atoms with Gasteiger partial charge in [0.15, 0.2) is 0 Å². The molecule has 0 bridgehead atoms. The van der Waals surface area contributed by atoms with Crippen LogP contribution in [0.4, 0.5) is 0 Å². The molecule has 3 N–H and O–H groups in total. The molecule has 1 amide bonds. The van der Waals surface area contributed by atoms with Crippen molar-refractivity contribution in [3.8, 4) is 0 Å². The second kappa shape index (κ2) is 7.89. The summed E-state index contributed by atoms with van der Waals surface area (Å²) >= 11 is 5.01. The van der Waals surface area contributed by atoms with E-state index < -0.39 is 5.92 Å². The molecule has 0 aliphatic rings. The molecule has 104 valence electrons. The molecule has 19 heavy (non-hydrogen) atoms. The van der Waals surface area contributed by atoms with Gasteiger partial charge in [0, 0.05) is 6.54 Å². The van der Waals surface area contributed by atoms with E-state index in [1.165, 1.54) is 0 Å². The first-order chi connectivity index (χ1) is 9.00. The van der Waals surface area contributed by atoms with Crippen LogP contribution in [0.5, 0.6) is 0 Å². The third-order valence-corrected chi connectivity index (χ3v) is 3.25. The maximum absolute atomic E-state index is 12.1. The molecule has 0 saturated carbocycles. The lowest BCUT2D eigenvalue weighted by molar-refractivity contribution is -0.123. The van der Waals surface area contributed by atoms with Crippen LogP contribution in [0.1, 0.15) is 25.8 Å². The first-order valence-electron chi connectivity index (χ1n) is 6.61. The molecule has 3 nitrogen and oxygen atoms in total. The van der Waals surface area contributed by atoms with Gasteiger partial charge >= 0.3 is 0 Å². The van der Waals surface area contributed by atoms with Crippen LogP contribution in [-0.4, -0.2) is 17.4 Å². The van der Waals surface area contributed by atoms with E-state index in [1.54, 1.807) is 0 Å². The Balaban J connectivity index is 2.57. The highest BCUT2D eigenvalue weighted by Crippen LogP contribution is 2.10. The van der Waals surface area contributed by atoms with Crippen molar-refractivity contribution in [3.05, 3.63) is 35.9 Å². The highest BCUT2D eigenvalue weighted by Gasteiger charge is 2.21. The first-order valence-corrected chi connectivity index (χ1v) is 7.02. The van der Waals surface area contributed by atoms with Crippen LogP contribution in [0.15, 0.2) is 30.3 Å². The smallest absolute Gasteiger partial charge is 0.230 e. The van der Waals surface area contributed by atoms with Crippen LogP contribution in [-0.2, 0) is 11.2 Å². The first kappa shape index (κ1) is 15.6. The van der Waals surface area contributed by atoms with Crippen molar-refractivity contribution in [1.82, 2.24) is 5.32 Å². The van der Waals surface area contributed by atoms with Crippen LogP contribution < -0.4 is 11.1 Å². The predicted molar refractivity (Wildman–Crippen MR) is 82.9 cm³/mol. The Morgan fingerprint density at radius 3 is 2.47 bits per heavy atom.